The number of esters is 1. The summed E-state index contributed by atoms with van der Waals surface area (Å²) in [5, 5.41) is 8.26. The molecule has 0 heterocycles. The van der Waals surface area contributed by atoms with Gasteiger partial charge in [-0.15, -0.1) is 0 Å². The van der Waals surface area contributed by atoms with Crippen LogP contribution in [0, 0.1) is 11.3 Å². The summed E-state index contributed by atoms with van der Waals surface area (Å²) in [6.07, 6.45) is 0. The maximum atomic E-state index is 11.4. The highest BCUT2D eigenvalue weighted by atomic mass is 16.5. The van der Waals surface area contributed by atoms with Gasteiger partial charge < -0.3 is 10.5 Å². The lowest BCUT2D eigenvalue weighted by Crippen LogP contribution is -2.13. The topological polar surface area (TPSA) is 76.1 Å². The van der Waals surface area contributed by atoms with Crippen molar-refractivity contribution < 1.29 is 9.53 Å². The van der Waals surface area contributed by atoms with E-state index >= 15 is 0 Å². The molecule has 1 atom stereocenters. The molecule has 0 aliphatic carbocycles. The van der Waals surface area contributed by atoms with E-state index in [-0.39, 0.29) is 6.61 Å². The third kappa shape index (κ3) is 2.99. The van der Waals surface area contributed by atoms with Gasteiger partial charge in [-0.05, 0) is 24.6 Å². The van der Waals surface area contributed by atoms with E-state index in [1.54, 1.807) is 37.3 Å². The van der Waals surface area contributed by atoms with Gasteiger partial charge in [-0.3, -0.25) is 4.79 Å². The molecule has 0 aromatic heterocycles. The molecule has 0 amide bonds. The fraction of sp³-hybridized carbons (Fsp3) is 0.273. The van der Waals surface area contributed by atoms with Gasteiger partial charge in [0.2, 0.25) is 0 Å². The average Bonchev–Trinajstić information content (AvgIpc) is 2.24. The van der Waals surface area contributed by atoms with Crippen LogP contribution in [0.25, 0.3) is 0 Å². The predicted octanol–water partition coefficient (Wildman–Crippen LogP) is 1.44. The van der Waals surface area contributed by atoms with Crippen molar-refractivity contribution in [1.82, 2.24) is 0 Å². The molecule has 2 N–H and O–H groups in total. The minimum atomic E-state index is -0.415. The first-order valence-electron chi connectivity index (χ1n) is 4.54. The molecule has 1 aromatic carbocycles. The van der Waals surface area contributed by atoms with Gasteiger partial charge in [0.05, 0.1) is 5.92 Å². The van der Waals surface area contributed by atoms with Crippen molar-refractivity contribution in [2.24, 2.45) is 0 Å². The Morgan fingerprint density at radius 3 is 3.00 bits per heavy atom. The Morgan fingerprint density at radius 2 is 2.40 bits per heavy atom. The molecule has 78 valence electrons. The van der Waals surface area contributed by atoms with Crippen LogP contribution in [0.3, 0.4) is 0 Å². The Bertz CT molecular complexity index is 396. The monoisotopic (exact) mass is 204 g/mol. The highest BCUT2D eigenvalue weighted by Crippen LogP contribution is 2.18. The fourth-order valence-electron chi connectivity index (χ4n) is 1.19. The maximum absolute atomic E-state index is 11.4. The summed E-state index contributed by atoms with van der Waals surface area (Å²) < 4.78 is 4.71. The predicted molar refractivity (Wildman–Crippen MR) is 55.8 cm³/mol. The lowest BCUT2D eigenvalue weighted by atomic mass is 10.0. The quantitative estimate of drug-likeness (QED) is 0.597. The number of carbonyl (C=O) groups is 1. The lowest BCUT2D eigenvalue weighted by Gasteiger charge is -2.10. The number of hydrogen-bond acceptors (Lipinski definition) is 4. The van der Waals surface area contributed by atoms with Crippen LogP contribution in [0.15, 0.2) is 24.3 Å². The maximum Gasteiger partial charge on any atom is 0.314 e. The first-order valence-corrected chi connectivity index (χ1v) is 4.54. The van der Waals surface area contributed by atoms with Gasteiger partial charge in [-0.25, -0.2) is 0 Å². The van der Waals surface area contributed by atoms with E-state index in [0.29, 0.717) is 5.69 Å². The summed E-state index contributed by atoms with van der Waals surface area (Å²) in [6.45, 7) is 1.50. The molecule has 1 rings (SSSR count). The number of nitrogens with zero attached hydrogens (tertiary/aromatic N) is 1. The van der Waals surface area contributed by atoms with Crippen molar-refractivity contribution in [3.63, 3.8) is 0 Å². The number of rotatable bonds is 3. The minimum absolute atomic E-state index is 0.217. The molecule has 0 saturated carbocycles. The molecule has 0 aliphatic heterocycles. The molecule has 1 aromatic rings. The normalized spacial score (nSPS) is 11.5. The number of nitriles is 1. The van der Waals surface area contributed by atoms with Gasteiger partial charge in [0, 0.05) is 5.69 Å². The van der Waals surface area contributed by atoms with Gasteiger partial charge in [0.15, 0.2) is 6.61 Å². The van der Waals surface area contributed by atoms with E-state index in [1.165, 1.54) is 0 Å². The molecule has 0 bridgehead atoms. The van der Waals surface area contributed by atoms with E-state index in [1.807, 2.05) is 0 Å². The highest BCUT2D eigenvalue weighted by Gasteiger charge is 2.16. The van der Waals surface area contributed by atoms with Gasteiger partial charge in [-0.1, -0.05) is 12.1 Å². The first kappa shape index (κ1) is 11.1. The van der Waals surface area contributed by atoms with Gasteiger partial charge in [0.1, 0.15) is 6.07 Å². The number of hydrogen-bond donors (Lipinski definition) is 1. The number of nitrogens with two attached hydrogens (primary N) is 1. The molecule has 15 heavy (non-hydrogen) atoms. The molecule has 0 fully saturated rings. The highest BCUT2D eigenvalue weighted by molar-refractivity contribution is 5.78. The molecule has 4 nitrogen and oxygen atoms in total. The Morgan fingerprint density at radius 1 is 1.67 bits per heavy atom. The molecule has 0 radical (unpaired) electrons. The number of nitrogen functional groups attached to an aromatic ring is 1. The summed E-state index contributed by atoms with van der Waals surface area (Å²) >= 11 is 0. The molecular weight excluding hydrogens is 192 g/mol. The lowest BCUT2D eigenvalue weighted by molar-refractivity contribution is -0.143. The average molecular weight is 204 g/mol. The SMILES string of the molecule is CC(C(=O)OCC#N)c1cccc(N)c1. The van der Waals surface area contributed by atoms with Crippen molar-refractivity contribution in [2.45, 2.75) is 12.8 Å². The molecular formula is C11H12N2O2. The van der Waals surface area contributed by atoms with E-state index < -0.39 is 11.9 Å². The Labute approximate surface area is 88.3 Å². The third-order valence-electron chi connectivity index (χ3n) is 2.04. The van der Waals surface area contributed by atoms with Gasteiger partial charge in [0.25, 0.3) is 0 Å². The first-order chi connectivity index (χ1) is 7.15. The van der Waals surface area contributed by atoms with Crippen LogP contribution in [-0.2, 0) is 9.53 Å². The van der Waals surface area contributed by atoms with E-state index in [9.17, 15) is 4.79 Å². The second kappa shape index (κ2) is 5.01. The summed E-state index contributed by atoms with van der Waals surface area (Å²) in [5.74, 6) is -0.816. The number of benzene rings is 1. The van der Waals surface area contributed by atoms with Crippen molar-refractivity contribution in [2.75, 3.05) is 12.3 Å². The van der Waals surface area contributed by atoms with E-state index in [2.05, 4.69) is 0 Å². The minimum Gasteiger partial charge on any atom is -0.450 e. The van der Waals surface area contributed by atoms with Gasteiger partial charge in [-0.2, -0.15) is 5.26 Å². The van der Waals surface area contributed by atoms with Crippen LogP contribution in [0.2, 0.25) is 0 Å². The Hall–Kier alpha value is -2.02. The standard InChI is InChI=1S/C11H12N2O2/c1-8(11(14)15-6-5-12)9-3-2-4-10(13)7-9/h2-4,7-8H,6,13H2,1H3. The van der Waals surface area contributed by atoms with E-state index in [4.69, 9.17) is 15.7 Å². The molecule has 0 spiro atoms. The fourth-order valence-corrected chi connectivity index (χ4v) is 1.19. The number of anilines is 1. The summed E-state index contributed by atoms with van der Waals surface area (Å²) in [4.78, 5) is 11.4. The summed E-state index contributed by atoms with van der Waals surface area (Å²) in [6, 6.07) is 8.79. The summed E-state index contributed by atoms with van der Waals surface area (Å²) in [5.41, 5.74) is 6.99. The zero-order chi connectivity index (χ0) is 11.3. The van der Waals surface area contributed by atoms with Crippen LogP contribution in [0.5, 0.6) is 0 Å². The largest absolute Gasteiger partial charge is 0.450 e. The molecule has 0 saturated heterocycles. The van der Waals surface area contributed by atoms with Crippen molar-refractivity contribution in [3.8, 4) is 6.07 Å². The Kier molecular flexibility index (Phi) is 3.69. The molecule has 4 heteroatoms. The summed E-state index contributed by atoms with van der Waals surface area (Å²) in [7, 11) is 0. The number of ether oxygens (including phenoxy) is 1. The van der Waals surface area contributed by atoms with E-state index in [0.717, 1.165) is 5.56 Å². The second-order valence-electron chi connectivity index (χ2n) is 3.16. The second-order valence-corrected chi connectivity index (χ2v) is 3.16. The smallest absolute Gasteiger partial charge is 0.314 e. The van der Waals surface area contributed by atoms with Gasteiger partial charge >= 0.3 is 5.97 Å². The molecule has 1 unspecified atom stereocenters. The number of carbonyl (C=O) groups excluding carboxylic acids is 1. The molecule has 0 aliphatic rings. The van der Waals surface area contributed by atoms with Crippen LogP contribution in [0.1, 0.15) is 18.4 Å². The zero-order valence-electron chi connectivity index (χ0n) is 8.43. The van der Waals surface area contributed by atoms with Crippen molar-refractivity contribution in [1.29, 1.82) is 5.26 Å². The zero-order valence-corrected chi connectivity index (χ0v) is 8.43. The van der Waals surface area contributed by atoms with Crippen LogP contribution in [0.4, 0.5) is 5.69 Å². The van der Waals surface area contributed by atoms with Crippen LogP contribution >= 0.6 is 0 Å². The van der Waals surface area contributed by atoms with Crippen molar-refractivity contribution in [3.05, 3.63) is 29.8 Å². The van der Waals surface area contributed by atoms with Crippen LogP contribution in [-0.4, -0.2) is 12.6 Å². The van der Waals surface area contributed by atoms with Crippen LogP contribution < -0.4 is 5.73 Å². The van der Waals surface area contributed by atoms with Crippen molar-refractivity contribution >= 4 is 11.7 Å². The third-order valence-corrected chi connectivity index (χ3v) is 2.04. The Balaban J connectivity index is 2.72.